The Morgan fingerprint density at radius 2 is 1.93 bits per heavy atom. The van der Waals surface area contributed by atoms with Gasteiger partial charge in [-0.15, -0.1) is 0 Å². The molecule has 0 spiro atoms. The fourth-order valence-electron chi connectivity index (χ4n) is 1.93. The molecule has 0 aromatic carbocycles. The van der Waals surface area contributed by atoms with Gasteiger partial charge in [0.15, 0.2) is 0 Å². The van der Waals surface area contributed by atoms with Crippen molar-refractivity contribution in [2.75, 3.05) is 6.61 Å². The minimum atomic E-state index is -0.196. The highest BCUT2D eigenvalue weighted by Crippen LogP contribution is 2.46. The Kier molecular flexibility index (Phi) is 3.73. The molecule has 0 radical (unpaired) electrons. The molecule has 1 saturated carbocycles. The van der Waals surface area contributed by atoms with E-state index in [0.29, 0.717) is 11.3 Å². The fourth-order valence-corrected chi connectivity index (χ4v) is 1.93. The zero-order valence-corrected chi connectivity index (χ0v) is 9.53. The summed E-state index contributed by atoms with van der Waals surface area (Å²) >= 11 is 0. The van der Waals surface area contributed by atoms with Gasteiger partial charge in [0.2, 0.25) is 0 Å². The maximum Gasteiger partial charge on any atom is 0.0618 e. The molecule has 1 rings (SSSR count). The van der Waals surface area contributed by atoms with Gasteiger partial charge in [-0.3, -0.25) is 0 Å². The predicted molar refractivity (Wildman–Crippen MR) is 59.9 cm³/mol. The zero-order chi connectivity index (χ0) is 10.8. The topological polar surface area (TPSA) is 46.2 Å². The molecule has 0 heterocycles. The van der Waals surface area contributed by atoms with Gasteiger partial charge in [-0.2, -0.15) is 0 Å². The average Bonchev–Trinajstić information content (AvgIpc) is 2.85. The normalized spacial score (nSPS) is 22.6. The largest absolute Gasteiger partial charge is 0.394 e. The number of hydrogen-bond donors (Lipinski definition) is 2. The molecule has 2 heteroatoms. The summed E-state index contributed by atoms with van der Waals surface area (Å²) in [6, 6.07) is -0.196. The van der Waals surface area contributed by atoms with Crippen LogP contribution in [0, 0.1) is 17.3 Å². The van der Waals surface area contributed by atoms with Crippen LogP contribution in [0.1, 0.15) is 33.6 Å². The highest BCUT2D eigenvalue weighted by molar-refractivity contribution is 5.03. The lowest BCUT2D eigenvalue weighted by atomic mass is 9.77. The third-order valence-electron chi connectivity index (χ3n) is 2.91. The summed E-state index contributed by atoms with van der Waals surface area (Å²) in [5.74, 6) is 1.46. The van der Waals surface area contributed by atoms with Gasteiger partial charge in [0, 0.05) is 6.04 Å². The molecule has 2 atom stereocenters. The molecular weight excluding hydrogens is 174 g/mol. The molecule has 14 heavy (non-hydrogen) atoms. The molecule has 1 fully saturated rings. The summed E-state index contributed by atoms with van der Waals surface area (Å²) in [6.07, 6.45) is 6.86. The summed E-state index contributed by atoms with van der Waals surface area (Å²) in [5.41, 5.74) is 5.96. The minimum Gasteiger partial charge on any atom is -0.394 e. The molecule has 1 aliphatic rings. The van der Waals surface area contributed by atoms with Gasteiger partial charge >= 0.3 is 0 Å². The first-order chi connectivity index (χ1) is 6.45. The molecule has 0 aromatic heterocycles. The molecule has 0 bridgehead atoms. The first-order valence-electron chi connectivity index (χ1n) is 5.50. The van der Waals surface area contributed by atoms with Gasteiger partial charge in [0.05, 0.1) is 6.61 Å². The zero-order valence-electron chi connectivity index (χ0n) is 9.53. The van der Waals surface area contributed by atoms with Crippen molar-refractivity contribution in [1.29, 1.82) is 0 Å². The van der Waals surface area contributed by atoms with E-state index in [1.807, 2.05) is 6.08 Å². The van der Waals surface area contributed by atoms with Gasteiger partial charge in [-0.25, -0.2) is 0 Å². The minimum absolute atomic E-state index is 0.0397. The van der Waals surface area contributed by atoms with Crippen LogP contribution in [0.25, 0.3) is 0 Å². The maximum absolute atomic E-state index is 8.83. The number of nitrogens with two attached hydrogens (primary N) is 1. The van der Waals surface area contributed by atoms with Crippen molar-refractivity contribution < 1.29 is 5.11 Å². The Labute approximate surface area is 87.2 Å². The number of allylic oxidation sites excluding steroid dienone is 1. The Morgan fingerprint density at radius 3 is 2.29 bits per heavy atom. The average molecular weight is 197 g/mol. The number of hydrogen-bond acceptors (Lipinski definition) is 2. The van der Waals surface area contributed by atoms with Gasteiger partial charge in [0.1, 0.15) is 0 Å². The van der Waals surface area contributed by atoms with E-state index in [1.165, 1.54) is 12.8 Å². The van der Waals surface area contributed by atoms with Crippen molar-refractivity contribution in [3.05, 3.63) is 12.2 Å². The SMILES string of the molecule is CC(C)(C)C(C=CC(N)CO)C1CC1. The van der Waals surface area contributed by atoms with Crippen LogP contribution in [0.15, 0.2) is 12.2 Å². The predicted octanol–water partition coefficient (Wildman–Crippen LogP) is 1.93. The van der Waals surface area contributed by atoms with Crippen molar-refractivity contribution in [1.82, 2.24) is 0 Å². The Morgan fingerprint density at radius 1 is 1.36 bits per heavy atom. The van der Waals surface area contributed by atoms with Gasteiger partial charge in [-0.05, 0) is 30.1 Å². The van der Waals surface area contributed by atoms with Crippen molar-refractivity contribution in [3.63, 3.8) is 0 Å². The molecule has 0 amide bonds. The van der Waals surface area contributed by atoms with Crippen LogP contribution < -0.4 is 5.73 Å². The fraction of sp³-hybridized carbons (Fsp3) is 0.833. The molecule has 0 saturated heterocycles. The molecule has 2 unspecified atom stereocenters. The molecule has 1 aliphatic carbocycles. The van der Waals surface area contributed by atoms with Crippen LogP contribution in [0.2, 0.25) is 0 Å². The number of rotatable bonds is 4. The van der Waals surface area contributed by atoms with Crippen LogP contribution in [-0.4, -0.2) is 17.8 Å². The smallest absolute Gasteiger partial charge is 0.0618 e. The van der Waals surface area contributed by atoms with E-state index < -0.39 is 0 Å². The summed E-state index contributed by atoms with van der Waals surface area (Å²) in [4.78, 5) is 0. The summed E-state index contributed by atoms with van der Waals surface area (Å²) < 4.78 is 0. The molecule has 0 aliphatic heterocycles. The first-order valence-corrected chi connectivity index (χ1v) is 5.50. The number of aliphatic hydroxyl groups excluding tert-OH is 1. The molecular formula is C12H23NO. The Balaban J connectivity index is 2.56. The van der Waals surface area contributed by atoms with E-state index in [4.69, 9.17) is 10.8 Å². The van der Waals surface area contributed by atoms with Gasteiger partial charge in [0.25, 0.3) is 0 Å². The lowest BCUT2D eigenvalue weighted by molar-refractivity contribution is 0.259. The van der Waals surface area contributed by atoms with E-state index in [-0.39, 0.29) is 12.6 Å². The lowest BCUT2D eigenvalue weighted by Gasteiger charge is -2.28. The van der Waals surface area contributed by atoms with Crippen LogP contribution in [0.5, 0.6) is 0 Å². The second-order valence-corrected chi connectivity index (χ2v) is 5.46. The maximum atomic E-state index is 8.83. The Bertz CT molecular complexity index is 201. The molecule has 2 nitrogen and oxygen atoms in total. The van der Waals surface area contributed by atoms with E-state index in [9.17, 15) is 0 Å². The van der Waals surface area contributed by atoms with Crippen LogP contribution in [0.3, 0.4) is 0 Å². The van der Waals surface area contributed by atoms with Gasteiger partial charge < -0.3 is 10.8 Å². The van der Waals surface area contributed by atoms with Crippen molar-refractivity contribution in [3.8, 4) is 0 Å². The summed E-state index contributed by atoms with van der Waals surface area (Å²) in [5, 5.41) is 8.83. The van der Waals surface area contributed by atoms with Crippen molar-refractivity contribution in [2.45, 2.75) is 39.7 Å². The highest BCUT2D eigenvalue weighted by atomic mass is 16.3. The molecule has 82 valence electrons. The standard InChI is InChI=1S/C12H23NO/c1-12(2,3)11(9-4-5-9)7-6-10(13)8-14/h6-7,9-11,14H,4-5,8,13H2,1-3H3. The third kappa shape index (κ3) is 3.43. The Hall–Kier alpha value is -0.340. The van der Waals surface area contributed by atoms with Gasteiger partial charge in [-0.1, -0.05) is 32.9 Å². The molecule has 3 N–H and O–H groups in total. The quantitative estimate of drug-likeness (QED) is 0.676. The second-order valence-electron chi connectivity index (χ2n) is 5.46. The van der Waals surface area contributed by atoms with E-state index >= 15 is 0 Å². The molecule has 0 aromatic rings. The van der Waals surface area contributed by atoms with E-state index in [0.717, 1.165) is 5.92 Å². The van der Waals surface area contributed by atoms with Crippen molar-refractivity contribution in [2.24, 2.45) is 23.0 Å². The third-order valence-corrected chi connectivity index (χ3v) is 2.91. The first kappa shape index (κ1) is 11.7. The summed E-state index contributed by atoms with van der Waals surface area (Å²) in [7, 11) is 0. The summed E-state index contributed by atoms with van der Waals surface area (Å²) in [6.45, 7) is 6.85. The second kappa shape index (κ2) is 4.45. The van der Waals surface area contributed by atoms with Crippen LogP contribution in [-0.2, 0) is 0 Å². The lowest BCUT2D eigenvalue weighted by Crippen LogP contribution is -2.24. The number of aliphatic hydroxyl groups is 1. The van der Waals surface area contributed by atoms with E-state index in [1.54, 1.807) is 0 Å². The van der Waals surface area contributed by atoms with Crippen molar-refractivity contribution >= 4 is 0 Å². The highest BCUT2D eigenvalue weighted by Gasteiger charge is 2.36. The van der Waals surface area contributed by atoms with Crippen LogP contribution in [0.4, 0.5) is 0 Å². The van der Waals surface area contributed by atoms with E-state index in [2.05, 4.69) is 26.8 Å². The monoisotopic (exact) mass is 197 g/mol. The van der Waals surface area contributed by atoms with Crippen LogP contribution >= 0.6 is 0 Å².